The van der Waals surface area contributed by atoms with E-state index in [4.69, 9.17) is 0 Å². The van der Waals surface area contributed by atoms with Gasteiger partial charge in [0.15, 0.2) is 0 Å². The topological polar surface area (TPSA) is 103 Å². The summed E-state index contributed by atoms with van der Waals surface area (Å²) in [5.41, 5.74) is 7.02. The molecule has 9 heteroatoms. The fourth-order valence-electron chi connectivity index (χ4n) is 3.66. The standard InChI is InChI=1S/C26H20N4O3S2/c31-26(19-12-14-20(15-13-19)30-35(32,33)24-11-6-16-34-24)29-27-17-22-21-9-4-5-10-23(21)28-25(22)18-7-2-1-3-8-18/h1-17,28,30H,(H,29,31)/b27-17+. The summed E-state index contributed by atoms with van der Waals surface area (Å²) in [4.78, 5) is 16.0. The molecule has 3 aromatic carbocycles. The number of H-pyrrole nitrogens is 1. The number of anilines is 1. The Kier molecular flexibility index (Phi) is 6.17. The molecule has 0 aliphatic heterocycles. The minimum Gasteiger partial charge on any atom is -0.354 e. The van der Waals surface area contributed by atoms with Gasteiger partial charge in [0.2, 0.25) is 0 Å². The number of carbonyl (C=O) groups is 1. The van der Waals surface area contributed by atoms with Gasteiger partial charge >= 0.3 is 0 Å². The molecule has 5 aromatic rings. The van der Waals surface area contributed by atoms with Crippen molar-refractivity contribution in [2.24, 2.45) is 5.10 Å². The van der Waals surface area contributed by atoms with Crippen LogP contribution in [0.5, 0.6) is 0 Å². The van der Waals surface area contributed by atoms with Gasteiger partial charge in [-0.25, -0.2) is 13.8 Å². The molecular weight excluding hydrogens is 480 g/mol. The molecule has 2 heterocycles. The number of thiophene rings is 1. The fraction of sp³-hybridized carbons (Fsp3) is 0. The zero-order valence-corrected chi connectivity index (χ0v) is 19.9. The van der Waals surface area contributed by atoms with E-state index in [9.17, 15) is 13.2 Å². The lowest BCUT2D eigenvalue weighted by atomic mass is 10.1. The summed E-state index contributed by atoms with van der Waals surface area (Å²) < 4.78 is 27.4. The first-order valence-corrected chi connectivity index (χ1v) is 13.0. The molecule has 0 radical (unpaired) electrons. The quantitative estimate of drug-likeness (QED) is 0.204. The Morgan fingerprint density at radius 3 is 2.37 bits per heavy atom. The summed E-state index contributed by atoms with van der Waals surface area (Å²) in [6, 6.07) is 27.2. The normalized spacial score (nSPS) is 11.7. The predicted molar refractivity (Wildman–Crippen MR) is 140 cm³/mol. The highest BCUT2D eigenvalue weighted by Gasteiger charge is 2.15. The van der Waals surface area contributed by atoms with Crippen LogP contribution >= 0.6 is 11.3 Å². The molecule has 35 heavy (non-hydrogen) atoms. The highest BCUT2D eigenvalue weighted by Crippen LogP contribution is 2.29. The van der Waals surface area contributed by atoms with Gasteiger partial charge < -0.3 is 4.98 Å². The first kappa shape index (κ1) is 22.6. The van der Waals surface area contributed by atoms with Crippen molar-refractivity contribution < 1.29 is 13.2 Å². The number of carbonyl (C=O) groups excluding carboxylic acids is 1. The van der Waals surface area contributed by atoms with Crippen LogP contribution in [0.25, 0.3) is 22.2 Å². The van der Waals surface area contributed by atoms with E-state index in [0.29, 0.717) is 11.3 Å². The number of para-hydroxylation sites is 1. The van der Waals surface area contributed by atoms with Gasteiger partial charge in [-0.15, -0.1) is 11.3 Å². The molecule has 1 amide bonds. The second-order valence-corrected chi connectivity index (χ2v) is 10.5. The number of nitrogens with one attached hydrogen (secondary N) is 3. The van der Waals surface area contributed by atoms with Crippen LogP contribution in [0.1, 0.15) is 15.9 Å². The van der Waals surface area contributed by atoms with Crippen LogP contribution in [-0.4, -0.2) is 25.5 Å². The monoisotopic (exact) mass is 500 g/mol. The second-order valence-electron chi connectivity index (χ2n) is 7.64. The molecule has 0 spiro atoms. The number of nitrogens with zero attached hydrogens (tertiary/aromatic N) is 1. The highest BCUT2D eigenvalue weighted by molar-refractivity contribution is 7.94. The average molecular weight is 501 g/mol. The molecule has 5 rings (SSSR count). The van der Waals surface area contributed by atoms with Gasteiger partial charge in [-0.3, -0.25) is 9.52 Å². The third kappa shape index (κ3) is 4.86. The number of sulfonamides is 1. The average Bonchev–Trinajstić information content (AvgIpc) is 3.54. The largest absolute Gasteiger partial charge is 0.354 e. The van der Waals surface area contributed by atoms with E-state index in [0.717, 1.165) is 39.1 Å². The Hall–Kier alpha value is -4.21. The van der Waals surface area contributed by atoms with Crippen molar-refractivity contribution in [3.8, 4) is 11.3 Å². The number of hydrogen-bond donors (Lipinski definition) is 3. The van der Waals surface area contributed by atoms with Crippen molar-refractivity contribution in [2.45, 2.75) is 4.21 Å². The fourth-order valence-corrected chi connectivity index (χ4v) is 5.71. The van der Waals surface area contributed by atoms with Crippen LogP contribution in [0.2, 0.25) is 0 Å². The van der Waals surface area contributed by atoms with E-state index in [1.807, 2.05) is 54.6 Å². The van der Waals surface area contributed by atoms with Gasteiger partial charge in [-0.05, 0) is 47.3 Å². The minimum atomic E-state index is -3.65. The third-order valence-electron chi connectivity index (χ3n) is 5.33. The SMILES string of the molecule is O=C(N/N=C/c1c(-c2ccccc2)[nH]c2ccccc12)c1ccc(NS(=O)(=O)c2cccs2)cc1. The Balaban J connectivity index is 1.32. The second kappa shape index (κ2) is 9.57. The van der Waals surface area contributed by atoms with Gasteiger partial charge in [-0.2, -0.15) is 5.10 Å². The van der Waals surface area contributed by atoms with E-state index in [1.54, 1.807) is 17.7 Å². The lowest BCUT2D eigenvalue weighted by Crippen LogP contribution is -2.18. The van der Waals surface area contributed by atoms with Crippen molar-refractivity contribution >= 4 is 50.1 Å². The number of fused-ring (bicyclic) bond motifs is 1. The molecule has 0 aliphatic rings. The minimum absolute atomic E-state index is 0.223. The first-order chi connectivity index (χ1) is 17.0. The molecule has 0 bridgehead atoms. The molecule has 2 aromatic heterocycles. The molecule has 174 valence electrons. The first-order valence-electron chi connectivity index (χ1n) is 10.7. The summed E-state index contributed by atoms with van der Waals surface area (Å²) >= 11 is 1.13. The van der Waals surface area contributed by atoms with E-state index in [-0.39, 0.29) is 4.21 Å². The van der Waals surface area contributed by atoms with E-state index in [2.05, 4.69) is 20.2 Å². The number of aromatic nitrogens is 1. The van der Waals surface area contributed by atoms with Gasteiger partial charge in [0.25, 0.3) is 15.9 Å². The molecule has 7 nitrogen and oxygen atoms in total. The summed E-state index contributed by atoms with van der Waals surface area (Å²) in [5, 5.41) is 6.88. The summed E-state index contributed by atoms with van der Waals surface area (Å²) in [6.45, 7) is 0. The Morgan fingerprint density at radius 2 is 1.63 bits per heavy atom. The zero-order chi connectivity index (χ0) is 24.3. The molecule has 0 atom stereocenters. The van der Waals surface area contributed by atoms with Crippen LogP contribution in [-0.2, 0) is 10.0 Å². The van der Waals surface area contributed by atoms with E-state index in [1.165, 1.54) is 30.3 Å². The van der Waals surface area contributed by atoms with Crippen LogP contribution in [0, 0.1) is 0 Å². The number of rotatable bonds is 7. The van der Waals surface area contributed by atoms with Gasteiger partial charge in [0.05, 0.1) is 11.9 Å². The summed E-state index contributed by atoms with van der Waals surface area (Å²) in [7, 11) is -3.65. The molecule has 0 saturated carbocycles. The zero-order valence-electron chi connectivity index (χ0n) is 18.3. The van der Waals surface area contributed by atoms with Gasteiger partial charge in [0.1, 0.15) is 4.21 Å². The molecule has 0 aliphatic carbocycles. The number of hydrogen-bond acceptors (Lipinski definition) is 5. The van der Waals surface area contributed by atoms with Crippen molar-refractivity contribution in [3.05, 3.63) is 108 Å². The maximum absolute atomic E-state index is 12.6. The number of aromatic amines is 1. The number of benzene rings is 3. The van der Waals surface area contributed by atoms with Gasteiger partial charge in [0, 0.05) is 27.7 Å². The van der Waals surface area contributed by atoms with Crippen LogP contribution < -0.4 is 10.1 Å². The Morgan fingerprint density at radius 1 is 0.886 bits per heavy atom. The van der Waals surface area contributed by atoms with Crippen LogP contribution in [0.4, 0.5) is 5.69 Å². The molecule has 3 N–H and O–H groups in total. The van der Waals surface area contributed by atoms with Crippen LogP contribution in [0.3, 0.4) is 0 Å². The maximum atomic E-state index is 12.6. The third-order valence-corrected chi connectivity index (χ3v) is 8.11. The van der Waals surface area contributed by atoms with Crippen molar-refractivity contribution in [2.75, 3.05) is 4.72 Å². The molecule has 0 saturated heterocycles. The summed E-state index contributed by atoms with van der Waals surface area (Å²) in [5.74, 6) is -0.407. The van der Waals surface area contributed by atoms with E-state index < -0.39 is 15.9 Å². The maximum Gasteiger partial charge on any atom is 0.271 e. The Bertz CT molecular complexity index is 1610. The Labute approximate surface area is 206 Å². The van der Waals surface area contributed by atoms with Crippen molar-refractivity contribution in [1.82, 2.24) is 10.4 Å². The van der Waals surface area contributed by atoms with Crippen molar-refractivity contribution in [3.63, 3.8) is 0 Å². The van der Waals surface area contributed by atoms with Crippen LogP contribution in [0.15, 0.2) is 106 Å². The summed E-state index contributed by atoms with van der Waals surface area (Å²) in [6.07, 6.45) is 1.63. The molecular formula is C26H20N4O3S2. The smallest absolute Gasteiger partial charge is 0.271 e. The van der Waals surface area contributed by atoms with Crippen molar-refractivity contribution in [1.29, 1.82) is 0 Å². The molecule has 0 fully saturated rings. The highest BCUT2D eigenvalue weighted by atomic mass is 32.2. The number of hydrazone groups is 1. The lowest BCUT2D eigenvalue weighted by molar-refractivity contribution is 0.0955. The predicted octanol–water partition coefficient (Wildman–Crippen LogP) is 5.46. The van der Waals surface area contributed by atoms with E-state index >= 15 is 0 Å². The van der Waals surface area contributed by atoms with Gasteiger partial charge in [-0.1, -0.05) is 54.6 Å². The number of amides is 1. The lowest BCUT2D eigenvalue weighted by Gasteiger charge is -2.07. The molecule has 0 unspecified atom stereocenters.